The van der Waals surface area contributed by atoms with Gasteiger partial charge in [-0.05, 0) is 18.4 Å². The average molecular weight is 285 g/mol. The third-order valence-electron chi connectivity index (χ3n) is 3.36. The molecule has 0 aliphatic carbocycles. The summed E-state index contributed by atoms with van der Waals surface area (Å²) in [4.78, 5) is 23.5. The van der Waals surface area contributed by atoms with Crippen molar-refractivity contribution in [1.29, 1.82) is 0 Å². The van der Waals surface area contributed by atoms with E-state index in [4.69, 9.17) is 5.73 Å². The number of hydrogen-bond acceptors (Lipinski definition) is 6. The number of pyridine rings is 1. The quantitative estimate of drug-likeness (QED) is 0.647. The third-order valence-corrected chi connectivity index (χ3v) is 3.36. The first-order valence-electron chi connectivity index (χ1n) is 6.56. The zero-order valence-corrected chi connectivity index (χ0v) is 11.9. The molecule has 0 saturated heterocycles. The number of hydrogen-bond donors (Lipinski definition) is 3. The highest BCUT2D eigenvalue weighted by atomic mass is 16.1. The zero-order valence-electron chi connectivity index (χ0n) is 11.9. The van der Waals surface area contributed by atoms with Crippen LogP contribution in [0.25, 0.3) is 22.3 Å². The number of anilines is 1. The Morgan fingerprint density at radius 3 is 2.67 bits per heavy atom. The van der Waals surface area contributed by atoms with Crippen molar-refractivity contribution in [2.24, 2.45) is 0 Å². The molecule has 0 fully saturated rings. The van der Waals surface area contributed by atoms with Gasteiger partial charge in [-0.1, -0.05) is 19.1 Å². The number of nitrogens with one attached hydrogen (secondary N) is 2. The van der Waals surface area contributed by atoms with Gasteiger partial charge >= 0.3 is 0 Å². The standard InChI is InChI=1S/C13H15N7O/c1-5(2)8-9-6(3)16-13(14)18-11(9)17-12(21)10(8)7-4-15-20-19-7/h4-5H,1-3H3,(H,15,19,20)(H3,14,16,17,18,21). The Kier molecular flexibility index (Phi) is 2.93. The Bertz CT molecular complexity index is 864. The second kappa shape index (κ2) is 4.65. The average Bonchev–Trinajstić information content (AvgIpc) is 2.89. The van der Waals surface area contributed by atoms with E-state index in [1.807, 2.05) is 20.8 Å². The molecule has 0 saturated carbocycles. The summed E-state index contributed by atoms with van der Waals surface area (Å²) < 4.78 is 0. The fraction of sp³-hybridized carbons (Fsp3) is 0.308. The largest absolute Gasteiger partial charge is 0.368 e. The monoisotopic (exact) mass is 285 g/mol. The molecule has 0 aliphatic heterocycles. The van der Waals surface area contributed by atoms with Crippen LogP contribution in [-0.4, -0.2) is 30.4 Å². The van der Waals surface area contributed by atoms with Crippen molar-refractivity contribution in [2.45, 2.75) is 26.7 Å². The smallest absolute Gasteiger partial charge is 0.259 e. The van der Waals surface area contributed by atoms with Crippen molar-refractivity contribution in [2.75, 3.05) is 5.73 Å². The molecule has 0 bridgehead atoms. The minimum atomic E-state index is -0.266. The molecule has 3 rings (SSSR count). The van der Waals surface area contributed by atoms with Gasteiger partial charge in [0.15, 0.2) is 0 Å². The zero-order chi connectivity index (χ0) is 15.1. The lowest BCUT2D eigenvalue weighted by atomic mass is 9.93. The molecule has 108 valence electrons. The number of fused-ring (bicyclic) bond motifs is 1. The van der Waals surface area contributed by atoms with E-state index >= 15 is 0 Å². The molecule has 0 aromatic carbocycles. The third kappa shape index (κ3) is 2.04. The highest BCUT2D eigenvalue weighted by Gasteiger charge is 2.21. The minimum Gasteiger partial charge on any atom is -0.368 e. The van der Waals surface area contributed by atoms with Crippen LogP contribution in [0.1, 0.15) is 31.0 Å². The highest BCUT2D eigenvalue weighted by Crippen LogP contribution is 2.31. The maximum absolute atomic E-state index is 12.4. The molecular formula is C13H15N7O. The van der Waals surface area contributed by atoms with Gasteiger partial charge in [0.25, 0.3) is 5.56 Å². The fourth-order valence-electron chi connectivity index (χ4n) is 2.58. The number of aromatic nitrogens is 6. The second-order valence-corrected chi connectivity index (χ2v) is 5.15. The maximum Gasteiger partial charge on any atom is 0.259 e. The fourth-order valence-corrected chi connectivity index (χ4v) is 2.58. The van der Waals surface area contributed by atoms with Crippen molar-refractivity contribution in [3.8, 4) is 11.3 Å². The molecule has 8 heteroatoms. The Morgan fingerprint density at radius 2 is 2.05 bits per heavy atom. The van der Waals surface area contributed by atoms with Crippen LogP contribution in [0.3, 0.4) is 0 Å². The van der Waals surface area contributed by atoms with Crippen molar-refractivity contribution >= 4 is 17.0 Å². The predicted molar refractivity (Wildman–Crippen MR) is 78.8 cm³/mol. The summed E-state index contributed by atoms with van der Waals surface area (Å²) in [5.41, 5.74) is 8.40. The SMILES string of the molecule is Cc1nc(N)nc2[nH]c(=O)c(-c3c[nH]nn3)c(C(C)C)c12. The van der Waals surface area contributed by atoms with E-state index in [1.54, 1.807) is 6.20 Å². The lowest BCUT2D eigenvalue weighted by molar-refractivity contribution is 0.868. The first-order chi connectivity index (χ1) is 9.99. The van der Waals surface area contributed by atoms with Crippen molar-refractivity contribution < 1.29 is 0 Å². The molecule has 21 heavy (non-hydrogen) atoms. The first kappa shape index (κ1) is 13.2. The molecule has 0 radical (unpaired) electrons. The summed E-state index contributed by atoms with van der Waals surface area (Å²) in [6.45, 7) is 5.86. The Hall–Kier alpha value is -2.77. The summed E-state index contributed by atoms with van der Waals surface area (Å²) in [6.07, 6.45) is 1.59. The Balaban J connectivity index is 2.52. The van der Waals surface area contributed by atoms with E-state index in [9.17, 15) is 4.79 Å². The topological polar surface area (TPSA) is 126 Å². The van der Waals surface area contributed by atoms with Gasteiger partial charge in [0, 0.05) is 5.39 Å². The van der Waals surface area contributed by atoms with Crippen LogP contribution < -0.4 is 11.3 Å². The molecule has 0 spiro atoms. The molecule has 3 aromatic heterocycles. The lowest BCUT2D eigenvalue weighted by Gasteiger charge is -2.15. The van der Waals surface area contributed by atoms with E-state index in [0.717, 1.165) is 16.6 Å². The minimum absolute atomic E-state index is 0.0902. The van der Waals surface area contributed by atoms with Gasteiger partial charge < -0.3 is 10.7 Å². The van der Waals surface area contributed by atoms with Crippen LogP contribution in [0.5, 0.6) is 0 Å². The van der Waals surface area contributed by atoms with Gasteiger partial charge in [-0.2, -0.15) is 4.98 Å². The number of nitrogen functional groups attached to an aromatic ring is 1. The van der Waals surface area contributed by atoms with Gasteiger partial charge in [-0.3, -0.25) is 9.89 Å². The molecule has 0 atom stereocenters. The Labute approximate surface area is 119 Å². The van der Waals surface area contributed by atoms with Gasteiger partial charge in [-0.25, -0.2) is 4.98 Å². The molecule has 0 aliphatic rings. The van der Waals surface area contributed by atoms with Crippen LogP contribution in [0.2, 0.25) is 0 Å². The van der Waals surface area contributed by atoms with Crippen LogP contribution in [0.4, 0.5) is 5.95 Å². The second-order valence-electron chi connectivity index (χ2n) is 5.15. The van der Waals surface area contributed by atoms with E-state index in [2.05, 4.69) is 30.4 Å². The van der Waals surface area contributed by atoms with Crippen molar-refractivity contribution in [3.63, 3.8) is 0 Å². The van der Waals surface area contributed by atoms with Crippen LogP contribution in [0, 0.1) is 6.92 Å². The number of aryl methyl sites for hydroxylation is 1. The van der Waals surface area contributed by atoms with E-state index in [1.165, 1.54) is 0 Å². The van der Waals surface area contributed by atoms with Crippen LogP contribution >= 0.6 is 0 Å². The van der Waals surface area contributed by atoms with E-state index < -0.39 is 0 Å². The molecule has 8 nitrogen and oxygen atoms in total. The van der Waals surface area contributed by atoms with Crippen molar-refractivity contribution in [3.05, 3.63) is 27.8 Å². The number of aromatic amines is 2. The number of H-pyrrole nitrogens is 2. The summed E-state index contributed by atoms with van der Waals surface area (Å²) in [5.74, 6) is 0.229. The summed E-state index contributed by atoms with van der Waals surface area (Å²) in [6, 6.07) is 0. The van der Waals surface area contributed by atoms with Crippen molar-refractivity contribution in [1.82, 2.24) is 30.4 Å². The number of rotatable bonds is 2. The summed E-state index contributed by atoms with van der Waals surface area (Å²) >= 11 is 0. The number of nitrogens with two attached hydrogens (primary N) is 1. The molecule has 0 unspecified atom stereocenters. The summed E-state index contributed by atoms with van der Waals surface area (Å²) in [7, 11) is 0. The maximum atomic E-state index is 12.4. The van der Waals surface area contributed by atoms with E-state index in [0.29, 0.717) is 16.9 Å². The highest BCUT2D eigenvalue weighted by molar-refractivity contribution is 5.88. The molecule has 4 N–H and O–H groups in total. The van der Waals surface area contributed by atoms with Crippen LogP contribution in [0.15, 0.2) is 11.0 Å². The lowest BCUT2D eigenvalue weighted by Crippen LogP contribution is -2.16. The van der Waals surface area contributed by atoms with Gasteiger partial charge in [0.1, 0.15) is 11.3 Å². The first-order valence-corrected chi connectivity index (χ1v) is 6.56. The normalized spacial score (nSPS) is 11.4. The molecule has 0 amide bonds. The number of nitrogens with zero attached hydrogens (tertiary/aromatic N) is 4. The van der Waals surface area contributed by atoms with Gasteiger partial charge in [0.2, 0.25) is 5.95 Å². The summed E-state index contributed by atoms with van der Waals surface area (Å²) in [5, 5.41) is 11.1. The Morgan fingerprint density at radius 1 is 1.29 bits per heavy atom. The predicted octanol–water partition coefficient (Wildman–Crippen LogP) is 1.12. The molecular weight excluding hydrogens is 270 g/mol. The van der Waals surface area contributed by atoms with Gasteiger partial charge in [-0.15, -0.1) is 5.10 Å². The van der Waals surface area contributed by atoms with E-state index in [-0.39, 0.29) is 17.4 Å². The van der Waals surface area contributed by atoms with Gasteiger partial charge in [0.05, 0.1) is 17.5 Å². The molecule has 3 heterocycles. The van der Waals surface area contributed by atoms with Crippen LogP contribution in [-0.2, 0) is 0 Å². The molecule has 3 aromatic rings.